The van der Waals surface area contributed by atoms with Crippen LogP contribution in [0.2, 0.25) is 0 Å². The molecule has 28 N–H and O–H groups in total. The molecule has 0 saturated heterocycles. The maximum Gasteiger partial charge on any atom is 0.326 e. The van der Waals surface area contributed by atoms with Gasteiger partial charge in [-0.2, -0.15) is 0 Å². The highest BCUT2D eigenvalue weighted by atomic mass is 16.4. The monoisotopic (exact) mass is 1700 g/mol. The van der Waals surface area contributed by atoms with E-state index < -0.39 is 235 Å². The van der Waals surface area contributed by atoms with E-state index in [1.807, 2.05) is 0 Å². The summed E-state index contributed by atoms with van der Waals surface area (Å²) in [6.45, 7) is 4.32. The zero-order valence-corrected chi connectivity index (χ0v) is 67.3. The van der Waals surface area contributed by atoms with Gasteiger partial charge in [0.25, 0.3) is 0 Å². The molecule has 6 aliphatic rings. The molecule has 0 fully saturated rings. The molecule has 7 aromatic rings. The number of amides is 15. The molecule has 4 aromatic carbocycles. The third-order valence-corrected chi connectivity index (χ3v) is 21.8. The molecule has 10 bridgehead atoms. The molecule has 42 heteroatoms. The van der Waals surface area contributed by atoms with Gasteiger partial charge in [-0.15, -0.1) is 0 Å². The average molecular weight is 1700 g/mol. The first-order chi connectivity index (χ1) is 58.6. The van der Waals surface area contributed by atoms with Crippen LogP contribution < -0.4 is 97.4 Å². The van der Waals surface area contributed by atoms with Gasteiger partial charge in [0.15, 0.2) is 5.96 Å². The number of nitrogens with two attached hydrogens (primary N) is 4. The highest BCUT2D eigenvalue weighted by Crippen LogP contribution is 2.32. The molecule has 0 radical (unpaired) electrons. The number of H-pyrrole nitrogens is 3. The van der Waals surface area contributed by atoms with Gasteiger partial charge in [-0.1, -0.05) is 99.1 Å². The number of nitrogens with one attached hydrogen (secondary N) is 18. The van der Waals surface area contributed by atoms with Crippen LogP contribution >= 0.6 is 0 Å². The van der Waals surface area contributed by atoms with Crippen LogP contribution in [0.4, 0.5) is 0 Å². The summed E-state index contributed by atoms with van der Waals surface area (Å²) in [6.07, 6.45) is 3.34. The SMILES string of the molecule is CCC(C)C1NC(=O)C(NC(=O)CN)Cc2c[nH]c3cc(ccc23)[C@@H](C(N)=O)C(C(=O)NC(C)C(=O)NC2Cc3ccc(cc3)C(C(N)=O)C(C(=O)NC3Cc4c[nH]c5cc(ccc45)[C@@H](CCNC(=N)N)C(C(=O)NC(C)C(=O)NC(Cc4ccccc4)C(=O)NC(Cc4c[nH]cn4)C(=O)O)NC(=O)C(CCC(=O)O)NC3=O)NC(=O)CNC2=O)NC1=O. The van der Waals surface area contributed by atoms with Gasteiger partial charge in [-0.25, -0.2) is 9.78 Å². The minimum atomic E-state index is -2.04. The fourth-order valence-electron chi connectivity index (χ4n) is 15.0. The maximum atomic E-state index is 15.3. The number of carboxylic acid groups (broad SMARTS) is 2. The third-order valence-electron chi connectivity index (χ3n) is 21.8. The molecule has 0 aliphatic carbocycles. The summed E-state index contributed by atoms with van der Waals surface area (Å²) in [5.74, 6) is -24.0. The quantitative estimate of drug-likeness (QED) is 0.0154. The molecule has 6 aliphatic heterocycles. The van der Waals surface area contributed by atoms with Crippen molar-refractivity contribution in [2.75, 3.05) is 19.6 Å². The number of aromatic amines is 3. The summed E-state index contributed by atoms with van der Waals surface area (Å²) >= 11 is 0. The molecule has 14 unspecified atom stereocenters. The van der Waals surface area contributed by atoms with E-state index in [0.29, 0.717) is 61.7 Å². The molecule has 9 heterocycles. The molecule has 42 nitrogen and oxygen atoms in total. The van der Waals surface area contributed by atoms with Crippen molar-refractivity contribution in [2.45, 2.75) is 176 Å². The lowest BCUT2D eigenvalue weighted by atomic mass is 9.86. The molecule has 16 atom stereocenters. The number of aliphatic carboxylic acids is 2. The van der Waals surface area contributed by atoms with E-state index in [4.69, 9.17) is 28.3 Å². The average Bonchev–Trinajstić information content (AvgIpc) is 1.71. The van der Waals surface area contributed by atoms with Crippen molar-refractivity contribution in [2.24, 2.45) is 28.9 Å². The van der Waals surface area contributed by atoms with Crippen LogP contribution in [0.1, 0.15) is 116 Å². The van der Waals surface area contributed by atoms with Gasteiger partial charge in [0.2, 0.25) is 88.6 Å². The Balaban J connectivity index is 0.879. The second-order valence-electron chi connectivity index (χ2n) is 30.5. The van der Waals surface area contributed by atoms with Crippen molar-refractivity contribution in [1.82, 2.24) is 94.4 Å². The summed E-state index contributed by atoms with van der Waals surface area (Å²) < 4.78 is 0. The van der Waals surface area contributed by atoms with E-state index in [1.165, 1.54) is 69.0 Å². The fraction of sp³-hybridized carbons (Fsp3) is 0.395. The van der Waals surface area contributed by atoms with Crippen LogP contribution in [0.5, 0.6) is 0 Å². The molecule has 15 amide bonds. The number of benzene rings is 4. The number of primary amides is 2. The van der Waals surface area contributed by atoms with Gasteiger partial charge >= 0.3 is 11.9 Å². The summed E-state index contributed by atoms with van der Waals surface area (Å²) in [5, 5.41) is 65.0. The Hall–Kier alpha value is -14.6. The maximum absolute atomic E-state index is 15.3. The van der Waals surface area contributed by atoms with Crippen LogP contribution in [-0.2, 0) is 114 Å². The van der Waals surface area contributed by atoms with E-state index in [1.54, 1.807) is 74.6 Å². The molecule has 123 heavy (non-hydrogen) atoms. The highest BCUT2D eigenvalue weighted by molar-refractivity contribution is 6.04. The van der Waals surface area contributed by atoms with Gasteiger partial charge in [0, 0.05) is 91.4 Å². The van der Waals surface area contributed by atoms with E-state index >= 15 is 19.2 Å². The number of carboxylic acids is 2. The molecule has 652 valence electrons. The summed E-state index contributed by atoms with van der Waals surface area (Å²) in [6, 6.07) is 3.61. The van der Waals surface area contributed by atoms with Crippen molar-refractivity contribution >= 4 is 128 Å². The van der Waals surface area contributed by atoms with Gasteiger partial charge in [-0.3, -0.25) is 82.1 Å². The molecule has 0 spiro atoms. The number of fused-ring (bicyclic) bond motifs is 28. The Morgan fingerprint density at radius 2 is 1.13 bits per heavy atom. The summed E-state index contributed by atoms with van der Waals surface area (Å²) in [5.41, 5.74) is 26.8. The first-order valence-electron chi connectivity index (χ1n) is 39.6. The Kier molecular flexibility index (Phi) is 30.2. The number of nitrogens with zero attached hydrogens (tertiary/aromatic N) is 1. The number of carbonyl (C=O) groups excluding carboxylic acids is 15. The van der Waals surface area contributed by atoms with Crippen molar-refractivity contribution in [1.29, 1.82) is 5.41 Å². The summed E-state index contributed by atoms with van der Waals surface area (Å²) in [4.78, 5) is 254. The lowest BCUT2D eigenvalue weighted by Gasteiger charge is -2.32. The standard InChI is InChI=1S/C81H99N23O19/c1-5-36(2)63-76(118)104-66(62(68(84)110)43-16-18-48-44(31-90-52(48)26-43)27-55(75(117)102-63)95-58(105)30-82)78(120)94-38(4)69(111)97-53-24-40-11-13-41(14-12-40)61(67(83)109)65(101-59(106)34-91-71(53)113)79(121)99-56-28-45-32-89-51-25-42(15-17-47(45)51)49(21-22-88-81(85)86)64(103-72(114)50(96-74(56)116)19-20-60(107)108)77(119)93-37(3)70(112)98-54(23-39-9-7-6-8-10-39)73(115)100-57(80(122)123)29-46-33-87-35-92-46/h6-18,25-26,31-33,35-38,49-50,53-57,61-66,89-90H,5,19-24,27-30,34,82H2,1-4H3,(H2,83,109)(H2,84,110)(H,87,92)(H,91,113)(H,93,119)(H,94,120)(H,95,105)(H,96,116)(H,97,111)(H,98,112)(H,99,121)(H,100,115)(H,101,106)(H,102,117)(H,103,114)(H,104,118)(H,107,108)(H,122,123)(H4,85,86,88)/t36?,37?,38?,49-,50?,53?,54?,55?,56?,57?,61?,62-,63?,64?,65?,66?/m1/s1. The predicted octanol–water partition coefficient (Wildman–Crippen LogP) is -5.05. The lowest BCUT2D eigenvalue weighted by molar-refractivity contribution is -0.142. The van der Waals surface area contributed by atoms with Gasteiger partial charge in [-0.05, 0) is 83.7 Å². The smallest absolute Gasteiger partial charge is 0.326 e. The van der Waals surface area contributed by atoms with Crippen LogP contribution in [0, 0.1) is 11.3 Å². The fourth-order valence-corrected chi connectivity index (χ4v) is 15.0. The number of rotatable bonds is 29. The normalized spacial score (nSPS) is 22.0. The topological polar surface area (TPSA) is 687 Å². The number of hydrogen-bond acceptors (Lipinski definition) is 20. The van der Waals surface area contributed by atoms with E-state index in [0.717, 1.165) is 0 Å². The number of guanidine groups is 1. The second-order valence-corrected chi connectivity index (χ2v) is 30.5. The van der Waals surface area contributed by atoms with Gasteiger partial charge < -0.3 is 123 Å². The van der Waals surface area contributed by atoms with Crippen molar-refractivity contribution in [3.05, 3.63) is 161 Å². The molecular formula is C81H99N23O19. The van der Waals surface area contributed by atoms with Crippen LogP contribution in [0.15, 0.2) is 116 Å². The molecule has 0 saturated carbocycles. The van der Waals surface area contributed by atoms with Gasteiger partial charge in [0.1, 0.15) is 72.5 Å². The van der Waals surface area contributed by atoms with Crippen molar-refractivity contribution < 1.29 is 91.7 Å². The first kappa shape index (κ1) is 90.7. The van der Waals surface area contributed by atoms with Crippen LogP contribution in [0.25, 0.3) is 21.8 Å². The minimum Gasteiger partial charge on any atom is -0.481 e. The second kappa shape index (κ2) is 40.9. The Bertz CT molecular complexity index is 5190. The largest absolute Gasteiger partial charge is 0.481 e. The lowest BCUT2D eigenvalue weighted by Crippen LogP contribution is -2.62. The predicted molar refractivity (Wildman–Crippen MR) is 438 cm³/mol. The number of carbonyl (C=O) groups is 17. The molecule has 13 rings (SSSR count). The third kappa shape index (κ3) is 23.3. The van der Waals surface area contributed by atoms with Crippen LogP contribution in [0.3, 0.4) is 0 Å². The Morgan fingerprint density at radius 1 is 0.561 bits per heavy atom. The number of imidazole rings is 1. The number of hydrogen-bond donors (Lipinski definition) is 24. The van der Waals surface area contributed by atoms with E-state index in [2.05, 4.69) is 94.4 Å². The van der Waals surface area contributed by atoms with Crippen molar-refractivity contribution in [3.63, 3.8) is 0 Å². The Morgan fingerprint density at radius 3 is 1.73 bits per heavy atom. The molecule has 3 aromatic heterocycles. The molecular weight excluding hydrogens is 1600 g/mol. The zero-order chi connectivity index (χ0) is 89.2. The first-order valence-corrected chi connectivity index (χ1v) is 39.6. The van der Waals surface area contributed by atoms with Crippen molar-refractivity contribution in [3.8, 4) is 0 Å². The Labute approximate surface area is 701 Å². The minimum absolute atomic E-state index is 0.00234. The van der Waals surface area contributed by atoms with E-state index in [9.17, 15) is 72.5 Å². The number of aromatic nitrogens is 4. The van der Waals surface area contributed by atoms with Crippen LogP contribution in [-0.4, -0.2) is 229 Å². The highest BCUT2D eigenvalue weighted by Gasteiger charge is 2.44. The van der Waals surface area contributed by atoms with E-state index in [-0.39, 0.29) is 49.8 Å². The van der Waals surface area contributed by atoms with Gasteiger partial charge in [0.05, 0.1) is 36.9 Å². The summed E-state index contributed by atoms with van der Waals surface area (Å²) in [7, 11) is 0. The zero-order valence-electron chi connectivity index (χ0n) is 67.3.